The summed E-state index contributed by atoms with van der Waals surface area (Å²) in [5.74, 6) is -0.262. The molecule has 0 aliphatic rings. The van der Waals surface area contributed by atoms with Crippen molar-refractivity contribution in [1.29, 1.82) is 5.41 Å². The molecule has 0 fully saturated rings. The van der Waals surface area contributed by atoms with Gasteiger partial charge in [-0.25, -0.2) is 18.4 Å². The van der Waals surface area contributed by atoms with Crippen molar-refractivity contribution in [2.24, 2.45) is 5.14 Å². The Kier molecular flexibility index (Phi) is 10.7. The zero-order chi connectivity index (χ0) is 34.1. The molecule has 1 atom stereocenters. The van der Waals surface area contributed by atoms with E-state index in [1.165, 1.54) is 6.07 Å². The Morgan fingerprint density at radius 2 is 1.50 bits per heavy atom. The number of amidine groups is 1. The number of benzene rings is 4. The molecule has 4 aromatic carbocycles. The molecule has 0 spiro atoms. The normalized spacial score (nSPS) is 11.7. The summed E-state index contributed by atoms with van der Waals surface area (Å²) in [6, 6.07) is 35.7. The highest BCUT2D eigenvalue weighted by atomic mass is 32.2. The molecule has 0 bridgehead atoms. The van der Waals surface area contributed by atoms with E-state index in [4.69, 9.17) is 15.3 Å². The lowest BCUT2D eigenvalue weighted by Crippen LogP contribution is -2.33. The average molecular weight is 662 g/mol. The molecule has 5 aromatic rings. The first-order valence-electron chi connectivity index (χ1n) is 15.2. The lowest BCUT2D eigenvalue weighted by atomic mass is 10.0. The van der Waals surface area contributed by atoms with Gasteiger partial charge in [-0.05, 0) is 53.4 Å². The van der Waals surface area contributed by atoms with E-state index in [2.05, 4.69) is 10.3 Å². The largest absolute Gasteiger partial charge is 0.440 e. The van der Waals surface area contributed by atoms with Crippen LogP contribution in [-0.4, -0.2) is 36.1 Å². The molecule has 244 valence electrons. The van der Waals surface area contributed by atoms with Crippen molar-refractivity contribution in [3.63, 3.8) is 0 Å². The number of alkyl carbamates (subject to hydrolysis) is 1. The van der Waals surface area contributed by atoms with E-state index >= 15 is 0 Å². The van der Waals surface area contributed by atoms with Crippen molar-refractivity contribution < 1.29 is 22.7 Å². The van der Waals surface area contributed by atoms with Crippen LogP contribution < -0.4 is 10.5 Å². The summed E-state index contributed by atoms with van der Waals surface area (Å²) in [6.45, 7) is 2.32. The maximum absolute atomic E-state index is 13.8. The number of ether oxygens (including phenoxy) is 1. The van der Waals surface area contributed by atoms with Crippen LogP contribution in [0.4, 0.5) is 4.79 Å². The molecule has 1 heterocycles. The number of nitrogens with one attached hydrogen (secondary N) is 2. The van der Waals surface area contributed by atoms with Gasteiger partial charge in [0, 0.05) is 30.4 Å². The van der Waals surface area contributed by atoms with E-state index in [1.54, 1.807) is 96.9 Å². The van der Waals surface area contributed by atoms with Crippen LogP contribution in [0.25, 0.3) is 11.1 Å². The van der Waals surface area contributed by atoms with Crippen molar-refractivity contribution in [3.8, 4) is 11.1 Å². The molecule has 48 heavy (non-hydrogen) atoms. The molecule has 0 radical (unpaired) electrons. The highest BCUT2D eigenvalue weighted by Gasteiger charge is 2.19. The van der Waals surface area contributed by atoms with Gasteiger partial charge in [0.15, 0.2) is 0 Å². The van der Waals surface area contributed by atoms with E-state index in [0.29, 0.717) is 28.9 Å². The maximum atomic E-state index is 13.8. The Hall–Kier alpha value is -5.65. The van der Waals surface area contributed by atoms with Gasteiger partial charge >= 0.3 is 6.09 Å². The van der Waals surface area contributed by atoms with Crippen LogP contribution in [0.15, 0.2) is 132 Å². The minimum absolute atomic E-state index is 0.0318. The lowest BCUT2D eigenvalue weighted by Gasteiger charge is -2.24. The first-order chi connectivity index (χ1) is 23.1. The monoisotopic (exact) mass is 661 g/mol. The Balaban J connectivity index is 1.29. The first-order valence-corrected chi connectivity index (χ1v) is 16.7. The third-order valence-corrected chi connectivity index (χ3v) is 8.56. The van der Waals surface area contributed by atoms with Gasteiger partial charge in [-0.2, -0.15) is 0 Å². The summed E-state index contributed by atoms with van der Waals surface area (Å²) < 4.78 is 29.6. The topological polar surface area (TPSA) is 156 Å². The second-order valence-electron chi connectivity index (χ2n) is 11.2. The zero-order valence-corrected chi connectivity index (χ0v) is 27.1. The summed E-state index contributed by atoms with van der Waals surface area (Å²) in [4.78, 5) is 32.2. The van der Waals surface area contributed by atoms with Gasteiger partial charge in [-0.3, -0.25) is 20.5 Å². The fourth-order valence-corrected chi connectivity index (χ4v) is 5.93. The van der Waals surface area contributed by atoms with E-state index in [-0.39, 0.29) is 29.6 Å². The Labute approximate surface area is 279 Å². The molecule has 2 amide bonds. The number of amides is 2. The van der Waals surface area contributed by atoms with Crippen molar-refractivity contribution in [1.82, 2.24) is 15.2 Å². The third kappa shape index (κ3) is 8.99. The lowest BCUT2D eigenvalue weighted by molar-refractivity contribution is -0.131. The molecule has 0 aliphatic carbocycles. The molecule has 0 aliphatic heterocycles. The first kappa shape index (κ1) is 33.7. The smallest absolute Gasteiger partial charge is 0.413 e. The third-order valence-electron chi connectivity index (χ3n) is 7.59. The van der Waals surface area contributed by atoms with Gasteiger partial charge in [-0.1, -0.05) is 97.1 Å². The van der Waals surface area contributed by atoms with Crippen LogP contribution in [0, 0.1) is 5.41 Å². The number of rotatable bonds is 11. The minimum Gasteiger partial charge on any atom is -0.440 e. The highest BCUT2D eigenvalue weighted by molar-refractivity contribution is 7.89. The molecule has 0 saturated carbocycles. The second-order valence-corrected chi connectivity index (χ2v) is 12.7. The van der Waals surface area contributed by atoms with Crippen LogP contribution in [0.1, 0.15) is 41.0 Å². The Morgan fingerprint density at radius 3 is 2.21 bits per heavy atom. The van der Waals surface area contributed by atoms with Crippen LogP contribution >= 0.6 is 0 Å². The number of hydrogen-bond acceptors (Lipinski definition) is 7. The summed E-state index contributed by atoms with van der Waals surface area (Å²) in [5, 5.41) is 16.4. The van der Waals surface area contributed by atoms with Gasteiger partial charge in [0.2, 0.25) is 15.9 Å². The Morgan fingerprint density at radius 1 is 0.833 bits per heavy atom. The number of primary sulfonamides is 1. The van der Waals surface area contributed by atoms with Crippen LogP contribution in [0.5, 0.6) is 0 Å². The van der Waals surface area contributed by atoms with Gasteiger partial charge in [0.1, 0.15) is 11.9 Å². The molecular formula is C37H35N5O5S. The van der Waals surface area contributed by atoms with Gasteiger partial charge in [-0.15, -0.1) is 0 Å². The fourth-order valence-electron chi connectivity index (χ4n) is 5.16. The van der Waals surface area contributed by atoms with Crippen molar-refractivity contribution >= 4 is 27.9 Å². The summed E-state index contributed by atoms with van der Waals surface area (Å²) in [5.41, 5.74) is 4.68. The molecule has 11 heteroatoms. The molecular weight excluding hydrogens is 627 g/mol. The molecule has 5 rings (SSSR count). The number of hydrogen-bond donors (Lipinski definition) is 3. The average Bonchev–Trinajstić information content (AvgIpc) is 3.09. The second kappa shape index (κ2) is 15.3. The molecule has 1 aromatic heterocycles. The number of carbonyl (C=O) groups excluding carboxylic acids is 2. The molecule has 10 nitrogen and oxygen atoms in total. The standard InChI is InChI=1S/C37H35N5O5S/c1-26(33-15-7-8-21-40-33)47-37(44)41-36(38)31-13-9-12-29(22-31)25-42(24-28-10-3-2-4-11-28)35(43)23-27-17-19-30(20-18-27)32-14-5-6-16-34(32)48(39,45)46/h2-22,26H,23-25H2,1H3,(H2,38,41,44)(H2,39,45,46). The SMILES string of the molecule is CC(OC(=O)NC(=N)c1cccc(CN(Cc2ccccc2)C(=O)Cc2ccc(-c3ccccc3S(N)(=O)=O)cc2)c1)c1ccccn1. The number of carbonyl (C=O) groups is 2. The highest BCUT2D eigenvalue weighted by Crippen LogP contribution is 2.27. The maximum Gasteiger partial charge on any atom is 0.413 e. The van der Waals surface area contributed by atoms with Crippen LogP contribution in [0.2, 0.25) is 0 Å². The number of nitrogens with zero attached hydrogens (tertiary/aromatic N) is 2. The van der Waals surface area contributed by atoms with Gasteiger partial charge < -0.3 is 9.64 Å². The van der Waals surface area contributed by atoms with Crippen LogP contribution in [-0.2, 0) is 39.1 Å². The minimum atomic E-state index is -3.91. The van der Waals surface area contributed by atoms with Crippen molar-refractivity contribution in [3.05, 3.63) is 155 Å². The van der Waals surface area contributed by atoms with Crippen molar-refractivity contribution in [2.75, 3.05) is 0 Å². The predicted molar refractivity (Wildman–Crippen MR) is 183 cm³/mol. The van der Waals surface area contributed by atoms with E-state index in [9.17, 15) is 18.0 Å². The fraction of sp³-hybridized carbons (Fsp3) is 0.135. The summed E-state index contributed by atoms with van der Waals surface area (Å²) in [7, 11) is -3.91. The molecule has 1 unspecified atom stereocenters. The predicted octanol–water partition coefficient (Wildman–Crippen LogP) is 5.98. The van der Waals surface area contributed by atoms with Crippen molar-refractivity contribution in [2.45, 2.75) is 37.4 Å². The van der Waals surface area contributed by atoms with Gasteiger partial charge in [0.05, 0.1) is 17.0 Å². The number of pyridine rings is 1. The quantitative estimate of drug-likeness (QED) is 0.117. The van der Waals surface area contributed by atoms with E-state index < -0.39 is 22.2 Å². The molecule has 0 saturated heterocycles. The number of sulfonamides is 1. The van der Waals surface area contributed by atoms with E-state index in [0.717, 1.165) is 16.7 Å². The van der Waals surface area contributed by atoms with E-state index in [1.807, 2.05) is 36.4 Å². The van der Waals surface area contributed by atoms with Gasteiger partial charge in [0.25, 0.3) is 0 Å². The summed E-state index contributed by atoms with van der Waals surface area (Å²) in [6.07, 6.45) is 0.351. The number of nitrogens with two attached hydrogens (primary N) is 1. The van der Waals surface area contributed by atoms with Crippen LogP contribution in [0.3, 0.4) is 0 Å². The zero-order valence-electron chi connectivity index (χ0n) is 26.2. The Bertz CT molecular complexity index is 2000. The molecule has 4 N–H and O–H groups in total. The number of aromatic nitrogens is 1. The summed E-state index contributed by atoms with van der Waals surface area (Å²) >= 11 is 0.